The quantitative estimate of drug-likeness (QED) is 0.880. The minimum Gasteiger partial charge on any atom is -0.366 e. The van der Waals surface area contributed by atoms with Gasteiger partial charge in [-0.25, -0.2) is 0 Å². The number of rotatable bonds is 2. The molecule has 0 amide bonds. The van der Waals surface area contributed by atoms with Crippen LogP contribution < -0.4 is 10.2 Å². The molecule has 1 aliphatic heterocycles. The van der Waals surface area contributed by atoms with E-state index in [-0.39, 0.29) is 12.4 Å². The van der Waals surface area contributed by atoms with Crippen LogP contribution >= 0.6 is 24.0 Å². The predicted molar refractivity (Wildman–Crippen MR) is 73.0 cm³/mol. The van der Waals surface area contributed by atoms with Gasteiger partial charge >= 0.3 is 0 Å². The molecular formula is C12H18Cl2N2. The normalized spacial score (nSPS) is 20.4. The van der Waals surface area contributed by atoms with E-state index in [1.165, 1.54) is 12.1 Å². The Kier molecular flexibility index (Phi) is 5.39. The first-order valence-electron chi connectivity index (χ1n) is 5.54. The van der Waals surface area contributed by atoms with Crippen LogP contribution in [0.1, 0.15) is 13.3 Å². The lowest BCUT2D eigenvalue weighted by Crippen LogP contribution is -2.51. The van der Waals surface area contributed by atoms with Crippen LogP contribution in [-0.2, 0) is 0 Å². The number of halogens is 2. The molecule has 0 aliphatic carbocycles. The number of hydrogen-bond acceptors (Lipinski definition) is 2. The van der Waals surface area contributed by atoms with Crippen LogP contribution in [0.5, 0.6) is 0 Å². The zero-order chi connectivity index (χ0) is 10.7. The second-order valence-electron chi connectivity index (χ2n) is 3.94. The summed E-state index contributed by atoms with van der Waals surface area (Å²) >= 11 is 5.89. The van der Waals surface area contributed by atoms with Gasteiger partial charge in [0.1, 0.15) is 0 Å². The highest BCUT2D eigenvalue weighted by atomic mass is 35.5. The Balaban J connectivity index is 0.00000128. The molecule has 2 nitrogen and oxygen atoms in total. The summed E-state index contributed by atoms with van der Waals surface area (Å²) in [5.41, 5.74) is 1.28. The highest BCUT2D eigenvalue weighted by Crippen LogP contribution is 2.21. The molecule has 4 heteroatoms. The monoisotopic (exact) mass is 260 g/mol. The van der Waals surface area contributed by atoms with E-state index in [9.17, 15) is 0 Å². The Hall–Kier alpha value is -0.440. The summed E-state index contributed by atoms with van der Waals surface area (Å²) in [6, 6.07) is 8.75. The van der Waals surface area contributed by atoms with Gasteiger partial charge < -0.3 is 10.2 Å². The third-order valence-corrected chi connectivity index (χ3v) is 3.23. The van der Waals surface area contributed by atoms with Crippen molar-refractivity contribution in [3.63, 3.8) is 0 Å². The molecule has 1 aromatic rings. The van der Waals surface area contributed by atoms with E-state index in [1.807, 2.05) is 12.1 Å². The number of nitrogens with one attached hydrogen (secondary N) is 1. The molecule has 1 aromatic carbocycles. The smallest absolute Gasteiger partial charge is 0.0412 e. The fourth-order valence-corrected chi connectivity index (χ4v) is 2.22. The van der Waals surface area contributed by atoms with E-state index in [4.69, 9.17) is 11.6 Å². The second-order valence-corrected chi connectivity index (χ2v) is 4.37. The summed E-state index contributed by atoms with van der Waals surface area (Å²) < 4.78 is 0. The Labute approximate surface area is 108 Å². The number of benzene rings is 1. The van der Waals surface area contributed by atoms with Gasteiger partial charge in [-0.05, 0) is 30.7 Å². The molecule has 16 heavy (non-hydrogen) atoms. The Morgan fingerprint density at radius 1 is 1.38 bits per heavy atom. The van der Waals surface area contributed by atoms with Crippen molar-refractivity contribution < 1.29 is 0 Å². The maximum Gasteiger partial charge on any atom is 0.0412 e. The van der Waals surface area contributed by atoms with Crippen molar-refractivity contribution in [3.05, 3.63) is 29.3 Å². The van der Waals surface area contributed by atoms with Crippen LogP contribution in [0.3, 0.4) is 0 Å². The fourth-order valence-electron chi connectivity index (χ4n) is 2.10. The van der Waals surface area contributed by atoms with Crippen molar-refractivity contribution in [2.24, 2.45) is 0 Å². The SMILES string of the molecule is CC[C@@H]1CNCCN1c1ccc(Cl)cc1.Cl. The third-order valence-electron chi connectivity index (χ3n) is 2.98. The third kappa shape index (κ3) is 3.03. The Morgan fingerprint density at radius 2 is 2.06 bits per heavy atom. The standard InChI is InChI=1S/C12H17ClN2.ClH/c1-2-11-9-14-7-8-15(11)12-5-3-10(13)4-6-12;/h3-6,11,14H,2,7-9H2,1H3;1H/t11-;/m1./s1. The molecule has 0 aromatic heterocycles. The minimum atomic E-state index is 0. The van der Waals surface area contributed by atoms with Crippen LogP contribution in [0.15, 0.2) is 24.3 Å². The van der Waals surface area contributed by atoms with Crippen LogP contribution in [0.4, 0.5) is 5.69 Å². The molecule has 1 fully saturated rings. The molecule has 1 atom stereocenters. The lowest BCUT2D eigenvalue weighted by molar-refractivity contribution is 0.466. The van der Waals surface area contributed by atoms with Gasteiger partial charge in [0.2, 0.25) is 0 Å². The zero-order valence-corrected chi connectivity index (χ0v) is 11.0. The first-order valence-corrected chi connectivity index (χ1v) is 5.92. The Morgan fingerprint density at radius 3 is 2.69 bits per heavy atom. The van der Waals surface area contributed by atoms with Crippen molar-refractivity contribution in [2.75, 3.05) is 24.5 Å². The van der Waals surface area contributed by atoms with Crippen molar-refractivity contribution in [2.45, 2.75) is 19.4 Å². The van der Waals surface area contributed by atoms with Gasteiger partial charge in [0.15, 0.2) is 0 Å². The summed E-state index contributed by atoms with van der Waals surface area (Å²) in [7, 11) is 0. The topological polar surface area (TPSA) is 15.3 Å². The van der Waals surface area contributed by atoms with E-state index in [0.29, 0.717) is 6.04 Å². The fraction of sp³-hybridized carbons (Fsp3) is 0.500. The van der Waals surface area contributed by atoms with Gasteiger partial charge in [0.25, 0.3) is 0 Å². The lowest BCUT2D eigenvalue weighted by Gasteiger charge is -2.37. The number of piperazine rings is 1. The van der Waals surface area contributed by atoms with Crippen molar-refractivity contribution in [1.29, 1.82) is 0 Å². The van der Waals surface area contributed by atoms with Gasteiger partial charge in [0.05, 0.1) is 0 Å². The summed E-state index contributed by atoms with van der Waals surface area (Å²) in [6.45, 7) is 5.47. The van der Waals surface area contributed by atoms with E-state index in [0.717, 1.165) is 24.7 Å². The lowest BCUT2D eigenvalue weighted by atomic mass is 10.1. The van der Waals surface area contributed by atoms with Crippen LogP contribution in [0.2, 0.25) is 5.02 Å². The molecule has 1 heterocycles. The molecule has 1 aliphatic rings. The largest absolute Gasteiger partial charge is 0.366 e. The van der Waals surface area contributed by atoms with Gasteiger partial charge in [-0.2, -0.15) is 0 Å². The van der Waals surface area contributed by atoms with Crippen molar-refractivity contribution in [1.82, 2.24) is 5.32 Å². The van der Waals surface area contributed by atoms with Crippen LogP contribution in [0, 0.1) is 0 Å². The molecule has 1 saturated heterocycles. The summed E-state index contributed by atoms with van der Waals surface area (Å²) in [4.78, 5) is 2.47. The van der Waals surface area contributed by atoms with Crippen molar-refractivity contribution >= 4 is 29.7 Å². The van der Waals surface area contributed by atoms with Gasteiger partial charge in [0, 0.05) is 36.4 Å². The summed E-state index contributed by atoms with van der Waals surface area (Å²) in [6.07, 6.45) is 1.18. The van der Waals surface area contributed by atoms with E-state index < -0.39 is 0 Å². The van der Waals surface area contributed by atoms with E-state index >= 15 is 0 Å². The molecule has 0 saturated carbocycles. The first-order chi connectivity index (χ1) is 7.31. The molecular weight excluding hydrogens is 243 g/mol. The molecule has 1 N–H and O–H groups in total. The number of anilines is 1. The molecule has 0 bridgehead atoms. The van der Waals surface area contributed by atoms with Gasteiger partial charge in [-0.3, -0.25) is 0 Å². The van der Waals surface area contributed by atoms with Crippen LogP contribution in [0.25, 0.3) is 0 Å². The second kappa shape index (κ2) is 6.33. The van der Waals surface area contributed by atoms with E-state index in [2.05, 4.69) is 29.3 Å². The first kappa shape index (κ1) is 13.6. The highest BCUT2D eigenvalue weighted by molar-refractivity contribution is 6.30. The summed E-state index contributed by atoms with van der Waals surface area (Å²) in [5, 5.41) is 4.24. The minimum absolute atomic E-state index is 0. The molecule has 90 valence electrons. The number of hydrogen-bond donors (Lipinski definition) is 1. The zero-order valence-electron chi connectivity index (χ0n) is 9.45. The van der Waals surface area contributed by atoms with Crippen LogP contribution in [-0.4, -0.2) is 25.7 Å². The number of nitrogens with zero attached hydrogens (tertiary/aromatic N) is 1. The highest BCUT2D eigenvalue weighted by Gasteiger charge is 2.20. The molecule has 2 rings (SSSR count). The van der Waals surface area contributed by atoms with Crippen molar-refractivity contribution in [3.8, 4) is 0 Å². The summed E-state index contributed by atoms with van der Waals surface area (Å²) in [5.74, 6) is 0. The van der Waals surface area contributed by atoms with Gasteiger partial charge in [-0.1, -0.05) is 18.5 Å². The molecule has 0 spiro atoms. The maximum atomic E-state index is 5.89. The maximum absolute atomic E-state index is 5.89. The van der Waals surface area contributed by atoms with Gasteiger partial charge in [-0.15, -0.1) is 12.4 Å². The molecule has 0 radical (unpaired) electrons. The molecule has 0 unspecified atom stereocenters. The predicted octanol–water partition coefficient (Wildman–Crippen LogP) is 2.95. The average Bonchev–Trinajstić information content (AvgIpc) is 2.30. The average molecular weight is 261 g/mol. The van der Waals surface area contributed by atoms with E-state index in [1.54, 1.807) is 0 Å². The Bertz CT molecular complexity index is 313.